The van der Waals surface area contributed by atoms with E-state index in [2.05, 4.69) is 24.4 Å². The minimum atomic E-state index is -0.457. The highest BCUT2D eigenvalue weighted by Gasteiger charge is 2.42. The number of rotatable bonds is 4. The first kappa shape index (κ1) is 15.8. The molecule has 21 heavy (non-hydrogen) atoms. The maximum Gasteiger partial charge on any atom is 0.407 e. The van der Waals surface area contributed by atoms with Crippen molar-refractivity contribution in [3.63, 3.8) is 0 Å². The minimum Gasteiger partial charge on any atom is -0.444 e. The number of hydrogen-bond donors (Lipinski definition) is 1. The number of carbonyl (C=O) groups excluding carboxylic acids is 1. The predicted molar refractivity (Wildman–Crippen MR) is 82.0 cm³/mol. The van der Waals surface area contributed by atoms with Gasteiger partial charge in [-0.05, 0) is 46.1 Å². The number of alkyl carbamates (subject to hydrolysis) is 1. The van der Waals surface area contributed by atoms with E-state index in [9.17, 15) is 4.79 Å². The van der Waals surface area contributed by atoms with Gasteiger partial charge in [0, 0.05) is 6.04 Å². The molecule has 0 spiro atoms. The third-order valence-electron chi connectivity index (χ3n) is 3.51. The van der Waals surface area contributed by atoms with E-state index in [1.165, 1.54) is 5.56 Å². The molecule has 0 aliphatic heterocycles. The molecule has 0 saturated heterocycles. The molecule has 4 nitrogen and oxygen atoms in total. The summed E-state index contributed by atoms with van der Waals surface area (Å²) in [5.74, 6) is 0. The molecule has 1 aromatic rings. The summed E-state index contributed by atoms with van der Waals surface area (Å²) >= 11 is 0. The van der Waals surface area contributed by atoms with Crippen molar-refractivity contribution in [1.82, 2.24) is 5.32 Å². The first-order valence-corrected chi connectivity index (χ1v) is 7.43. The smallest absolute Gasteiger partial charge is 0.407 e. The second-order valence-electron chi connectivity index (χ2n) is 6.98. The lowest BCUT2D eigenvalue weighted by atomic mass is 9.77. The summed E-state index contributed by atoms with van der Waals surface area (Å²) in [5.41, 5.74) is 0.554. The molecule has 1 aromatic carbocycles. The van der Waals surface area contributed by atoms with Crippen molar-refractivity contribution < 1.29 is 14.3 Å². The molecule has 1 saturated carbocycles. The van der Waals surface area contributed by atoms with Gasteiger partial charge in [-0.2, -0.15) is 0 Å². The van der Waals surface area contributed by atoms with E-state index in [0.29, 0.717) is 6.61 Å². The molecule has 0 radical (unpaired) electrons. The molecule has 1 amide bonds. The molecular formula is C17H25NO3. The van der Waals surface area contributed by atoms with Crippen LogP contribution in [-0.4, -0.2) is 23.3 Å². The zero-order chi connectivity index (χ0) is 15.5. The number of carbonyl (C=O) groups is 1. The highest BCUT2D eigenvalue weighted by Crippen LogP contribution is 2.36. The molecule has 0 atom stereocenters. The van der Waals surface area contributed by atoms with E-state index in [1.807, 2.05) is 39.0 Å². The van der Waals surface area contributed by atoms with Gasteiger partial charge in [-0.3, -0.25) is 0 Å². The molecule has 2 rings (SSSR count). The lowest BCUT2D eigenvalue weighted by molar-refractivity contribution is -0.110. The maximum atomic E-state index is 11.7. The van der Waals surface area contributed by atoms with E-state index < -0.39 is 5.60 Å². The molecular weight excluding hydrogens is 266 g/mol. The zero-order valence-corrected chi connectivity index (χ0v) is 13.3. The summed E-state index contributed by atoms with van der Waals surface area (Å²) in [4.78, 5) is 11.7. The van der Waals surface area contributed by atoms with Crippen molar-refractivity contribution in [2.24, 2.45) is 0 Å². The van der Waals surface area contributed by atoms with Crippen LogP contribution in [-0.2, 0) is 16.1 Å². The molecule has 1 fully saturated rings. The Bertz CT molecular complexity index is 473. The minimum absolute atomic E-state index is 0.139. The first-order chi connectivity index (χ1) is 9.76. The van der Waals surface area contributed by atoms with Gasteiger partial charge in [0.05, 0.1) is 12.2 Å². The average Bonchev–Trinajstić information content (AvgIpc) is 2.33. The van der Waals surface area contributed by atoms with Crippen LogP contribution in [0.25, 0.3) is 0 Å². The summed E-state index contributed by atoms with van der Waals surface area (Å²) in [5, 5.41) is 2.89. The number of ether oxygens (including phenoxy) is 2. The Balaban J connectivity index is 1.71. The van der Waals surface area contributed by atoms with Crippen molar-refractivity contribution in [3.05, 3.63) is 35.9 Å². The molecule has 0 aromatic heterocycles. The lowest BCUT2D eigenvalue weighted by Crippen LogP contribution is -2.55. The fraction of sp³-hybridized carbons (Fsp3) is 0.588. The number of benzene rings is 1. The van der Waals surface area contributed by atoms with E-state index in [4.69, 9.17) is 9.47 Å². The Morgan fingerprint density at radius 2 is 1.90 bits per heavy atom. The van der Waals surface area contributed by atoms with Gasteiger partial charge in [0.2, 0.25) is 0 Å². The second-order valence-corrected chi connectivity index (χ2v) is 6.98. The Labute approximate surface area is 126 Å². The molecule has 116 valence electrons. The Kier molecular flexibility index (Phi) is 4.57. The first-order valence-electron chi connectivity index (χ1n) is 7.43. The van der Waals surface area contributed by atoms with Crippen molar-refractivity contribution in [2.45, 2.75) is 64.4 Å². The van der Waals surface area contributed by atoms with Crippen LogP contribution in [0.1, 0.15) is 46.1 Å². The summed E-state index contributed by atoms with van der Waals surface area (Å²) in [6.07, 6.45) is 1.29. The second kappa shape index (κ2) is 6.06. The van der Waals surface area contributed by atoms with Crippen LogP contribution in [0.15, 0.2) is 30.3 Å². The monoisotopic (exact) mass is 291 g/mol. The standard InChI is InChI=1S/C17H25NO3/c1-16(2,3)21-15(19)18-14-10-17(4,11-14)20-12-13-8-6-5-7-9-13/h5-9,14H,10-12H2,1-4H3,(H,18,19). The van der Waals surface area contributed by atoms with E-state index in [0.717, 1.165) is 12.8 Å². The fourth-order valence-corrected chi connectivity index (χ4v) is 2.51. The van der Waals surface area contributed by atoms with Gasteiger partial charge in [-0.1, -0.05) is 30.3 Å². The third kappa shape index (κ3) is 5.05. The van der Waals surface area contributed by atoms with Gasteiger partial charge in [-0.15, -0.1) is 0 Å². The van der Waals surface area contributed by atoms with Crippen molar-refractivity contribution in [3.8, 4) is 0 Å². The SMILES string of the molecule is CC(C)(C)OC(=O)NC1CC(C)(OCc2ccccc2)C1. The predicted octanol–water partition coefficient (Wildman–Crippen LogP) is 3.65. The van der Waals surface area contributed by atoms with Crippen LogP contribution >= 0.6 is 0 Å². The summed E-state index contributed by atoms with van der Waals surface area (Å²) < 4.78 is 11.2. The molecule has 0 heterocycles. The highest BCUT2D eigenvalue weighted by molar-refractivity contribution is 5.68. The summed E-state index contributed by atoms with van der Waals surface area (Å²) in [6.45, 7) is 8.28. The third-order valence-corrected chi connectivity index (χ3v) is 3.51. The van der Waals surface area contributed by atoms with Gasteiger partial charge in [0.1, 0.15) is 5.60 Å². The number of hydrogen-bond acceptors (Lipinski definition) is 3. The Hall–Kier alpha value is -1.55. The molecule has 1 N–H and O–H groups in total. The zero-order valence-electron chi connectivity index (χ0n) is 13.3. The van der Waals surface area contributed by atoms with Crippen LogP contribution in [0.3, 0.4) is 0 Å². The van der Waals surface area contributed by atoms with Gasteiger partial charge in [-0.25, -0.2) is 4.79 Å². The van der Waals surface area contributed by atoms with Gasteiger partial charge >= 0.3 is 6.09 Å². The summed E-state index contributed by atoms with van der Waals surface area (Å²) in [6, 6.07) is 10.3. The maximum absolute atomic E-state index is 11.7. The number of amides is 1. The van der Waals surface area contributed by atoms with E-state index in [1.54, 1.807) is 0 Å². The van der Waals surface area contributed by atoms with Crippen molar-refractivity contribution in [1.29, 1.82) is 0 Å². The number of nitrogens with one attached hydrogen (secondary N) is 1. The molecule has 0 unspecified atom stereocenters. The highest BCUT2D eigenvalue weighted by atomic mass is 16.6. The van der Waals surface area contributed by atoms with Crippen LogP contribution in [0.5, 0.6) is 0 Å². The molecule has 1 aliphatic rings. The topological polar surface area (TPSA) is 47.6 Å². The largest absolute Gasteiger partial charge is 0.444 e. The van der Waals surface area contributed by atoms with E-state index in [-0.39, 0.29) is 17.7 Å². The van der Waals surface area contributed by atoms with Crippen LogP contribution in [0, 0.1) is 0 Å². The Morgan fingerprint density at radius 3 is 2.48 bits per heavy atom. The van der Waals surface area contributed by atoms with Gasteiger partial charge < -0.3 is 14.8 Å². The van der Waals surface area contributed by atoms with Crippen molar-refractivity contribution >= 4 is 6.09 Å². The fourth-order valence-electron chi connectivity index (χ4n) is 2.51. The van der Waals surface area contributed by atoms with Gasteiger partial charge in [0.25, 0.3) is 0 Å². The molecule has 0 bridgehead atoms. The molecule has 1 aliphatic carbocycles. The van der Waals surface area contributed by atoms with Gasteiger partial charge in [0.15, 0.2) is 0 Å². The average molecular weight is 291 g/mol. The van der Waals surface area contributed by atoms with Crippen LogP contribution in [0.2, 0.25) is 0 Å². The normalized spacial score (nSPS) is 25.0. The van der Waals surface area contributed by atoms with Crippen molar-refractivity contribution in [2.75, 3.05) is 0 Å². The van der Waals surface area contributed by atoms with Crippen LogP contribution < -0.4 is 5.32 Å². The van der Waals surface area contributed by atoms with Crippen LogP contribution in [0.4, 0.5) is 4.79 Å². The lowest BCUT2D eigenvalue weighted by Gasteiger charge is -2.45. The molecule has 4 heteroatoms. The van der Waals surface area contributed by atoms with E-state index >= 15 is 0 Å². The Morgan fingerprint density at radius 1 is 1.29 bits per heavy atom. The summed E-state index contributed by atoms with van der Waals surface area (Å²) in [7, 11) is 0. The quantitative estimate of drug-likeness (QED) is 0.921.